The van der Waals surface area contributed by atoms with Crippen LogP contribution < -0.4 is 5.32 Å². The largest absolute Gasteiger partial charge is 0.480 e. The molecule has 110 valence electrons. The number of nitrogens with one attached hydrogen (secondary N) is 1. The van der Waals surface area contributed by atoms with E-state index >= 15 is 0 Å². The van der Waals surface area contributed by atoms with Gasteiger partial charge < -0.3 is 20.2 Å². The van der Waals surface area contributed by atoms with E-state index in [-0.39, 0.29) is 23.9 Å². The Balaban J connectivity index is 1.76. The molecule has 0 aliphatic carbocycles. The summed E-state index contributed by atoms with van der Waals surface area (Å²) in [5.41, 5.74) is 0. The summed E-state index contributed by atoms with van der Waals surface area (Å²) in [4.78, 5) is 38.7. The number of urea groups is 1. The lowest BCUT2D eigenvalue weighted by Crippen LogP contribution is -2.55. The van der Waals surface area contributed by atoms with Crippen LogP contribution in [0.1, 0.15) is 25.7 Å². The van der Waals surface area contributed by atoms with Crippen molar-refractivity contribution in [2.24, 2.45) is 5.92 Å². The van der Waals surface area contributed by atoms with Gasteiger partial charge in [0.15, 0.2) is 0 Å². The molecule has 0 radical (unpaired) electrons. The minimum atomic E-state index is -0.940. The van der Waals surface area contributed by atoms with Crippen LogP contribution in [0.2, 0.25) is 0 Å². The van der Waals surface area contributed by atoms with Crippen LogP contribution in [0.15, 0.2) is 0 Å². The Morgan fingerprint density at radius 2 is 1.85 bits per heavy atom. The van der Waals surface area contributed by atoms with Crippen LogP contribution in [-0.4, -0.2) is 64.5 Å². The molecule has 3 rings (SSSR count). The molecule has 3 aliphatic rings. The van der Waals surface area contributed by atoms with Crippen molar-refractivity contribution in [2.45, 2.75) is 37.8 Å². The van der Waals surface area contributed by atoms with E-state index in [1.807, 2.05) is 0 Å². The summed E-state index contributed by atoms with van der Waals surface area (Å²) in [6.07, 6.45) is 2.84. The van der Waals surface area contributed by atoms with E-state index in [1.54, 1.807) is 4.90 Å². The van der Waals surface area contributed by atoms with Crippen molar-refractivity contribution in [1.82, 2.24) is 15.1 Å². The fraction of sp³-hybridized carbons (Fsp3) is 0.769. The summed E-state index contributed by atoms with van der Waals surface area (Å²) >= 11 is 0. The minimum Gasteiger partial charge on any atom is -0.480 e. The molecular weight excluding hydrogens is 262 g/mol. The first-order valence-electron chi connectivity index (χ1n) is 7.17. The summed E-state index contributed by atoms with van der Waals surface area (Å²) in [5, 5.41) is 12.0. The highest BCUT2D eigenvalue weighted by molar-refractivity contribution is 5.86. The molecular formula is C13H19N3O4. The summed E-state index contributed by atoms with van der Waals surface area (Å²) in [7, 11) is 0. The van der Waals surface area contributed by atoms with Gasteiger partial charge in [-0.05, 0) is 25.7 Å². The molecule has 3 saturated heterocycles. The first-order valence-corrected chi connectivity index (χ1v) is 7.17. The third kappa shape index (κ3) is 2.01. The molecule has 0 bridgehead atoms. The molecule has 7 nitrogen and oxygen atoms in total. The third-order valence-corrected chi connectivity index (χ3v) is 4.63. The molecule has 3 fully saturated rings. The molecule has 3 heterocycles. The predicted molar refractivity (Wildman–Crippen MR) is 69.0 cm³/mol. The van der Waals surface area contributed by atoms with E-state index in [1.165, 1.54) is 4.90 Å². The van der Waals surface area contributed by atoms with Crippen LogP contribution in [0.5, 0.6) is 0 Å². The number of carboxylic acid groups (broad SMARTS) is 1. The standard InChI is InChI=1S/C13H19N3O4/c17-11-8-3-1-5-16(10(8)7-14-11)13(20)15-6-2-4-9(15)12(18)19/h8-10H,1-7H2,(H,14,17)(H,18,19)/t8?,9-,10?/m0/s1. The van der Waals surface area contributed by atoms with E-state index in [9.17, 15) is 19.5 Å². The van der Waals surface area contributed by atoms with Gasteiger partial charge >= 0.3 is 12.0 Å². The lowest BCUT2D eigenvalue weighted by molar-refractivity contribution is -0.141. The van der Waals surface area contributed by atoms with Crippen molar-refractivity contribution in [3.8, 4) is 0 Å². The number of piperidine rings is 1. The van der Waals surface area contributed by atoms with Gasteiger partial charge in [-0.15, -0.1) is 0 Å². The first-order chi connectivity index (χ1) is 9.59. The number of likely N-dealkylation sites (tertiary alicyclic amines) is 2. The van der Waals surface area contributed by atoms with Gasteiger partial charge in [-0.1, -0.05) is 0 Å². The van der Waals surface area contributed by atoms with Gasteiger partial charge in [-0.2, -0.15) is 0 Å². The number of fused-ring (bicyclic) bond motifs is 1. The quantitative estimate of drug-likeness (QED) is 0.700. The number of carboxylic acids is 1. The fourth-order valence-corrected chi connectivity index (χ4v) is 3.61. The maximum absolute atomic E-state index is 12.6. The third-order valence-electron chi connectivity index (χ3n) is 4.63. The van der Waals surface area contributed by atoms with Crippen LogP contribution in [-0.2, 0) is 9.59 Å². The average molecular weight is 281 g/mol. The van der Waals surface area contributed by atoms with Crippen molar-refractivity contribution in [1.29, 1.82) is 0 Å². The molecule has 20 heavy (non-hydrogen) atoms. The molecule has 2 N–H and O–H groups in total. The smallest absolute Gasteiger partial charge is 0.326 e. The second-order valence-electron chi connectivity index (χ2n) is 5.73. The number of nitrogens with zero attached hydrogens (tertiary/aromatic N) is 2. The molecule has 3 atom stereocenters. The topological polar surface area (TPSA) is 90.0 Å². The van der Waals surface area contributed by atoms with Gasteiger partial charge in [0.25, 0.3) is 0 Å². The number of amides is 3. The Kier molecular flexibility index (Phi) is 3.27. The van der Waals surface area contributed by atoms with E-state index in [4.69, 9.17) is 0 Å². The highest BCUT2D eigenvalue weighted by Gasteiger charge is 2.45. The van der Waals surface area contributed by atoms with Gasteiger partial charge in [-0.3, -0.25) is 4.79 Å². The number of carbonyl (C=O) groups excluding carboxylic acids is 2. The molecule has 2 unspecified atom stereocenters. The zero-order valence-electron chi connectivity index (χ0n) is 11.2. The first kappa shape index (κ1) is 13.2. The Bertz CT molecular complexity index is 453. The van der Waals surface area contributed by atoms with Crippen molar-refractivity contribution in [3.05, 3.63) is 0 Å². The number of rotatable bonds is 1. The van der Waals surface area contributed by atoms with Crippen LogP contribution >= 0.6 is 0 Å². The number of hydrogen-bond donors (Lipinski definition) is 2. The maximum Gasteiger partial charge on any atom is 0.326 e. The Hall–Kier alpha value is -1.79. The molecule has 3 aliphatic heterocycles. The van der Waals surface area contributed by atoms with Gasteiger partial charge in [0, 0.05) is 19.6 Å². The molecule has 3 amide bonds. The minimum absolute atomic E-state index is 0.0173. The van der Waals surface area contributed by atoms with Gasteiger partial charge in [-0.25, -0.2) is 9.59 Å². The lowest BCUT2D eigenvalue weighted by atomic mass is 9.92. The van der Waals surface area contributed by atoms with Gasteiger partial charge in [0.2, 0.25) is 5.91 Å². The Morgan fingerprint density at radius 3 is 2.60 bits per heavy atom. The number of hydrogen-bond acceptors (Lipinski definition) is 3. The van der Waals surface area contributed by atoms with Crippen molar-refractivity contribution in [3.63, 3.8) is 0 Å². The maximum atomic E-state index is 12.6. The van der Waals surface area contributed by atoms with Crippen molar-refractivity contribution < 1.29 is 19.5 Å². The van der Waals surface area contributed by atoms with Crippen LogP contribution in [0.3, 0.4) is 0 Å². The predicted octanol–water partition coefficient (Wildman–Crippen LogP) is -0.134. The second-order valence-corrected chi connectivity index (χ2v) is 5.73. The highest BCUT2D eigenvalue weighted by Crippen LogP contribution is 2.30. The highest BCUT2D eigenvalue weighted by atomic mass is 16.4. The number of carbonyl (C=O) groups is 3. The summed E-state index contributed by atoms with van der Waals surface area (Å²) in [6.45, 7) is 1.59. The fourth-order valence-electron chi connectivity index (χ4n) is 3.61. The Morgan fingerprint density at radius 1 is 1.15 bits per heavy atom. The molecule has 0 spiro atoms. The van der Waals surface area contributed by atoms with Crippen LogP contribution in [0.25, 0.3) is 0 Å². The van der Waals surface area contributed by atoms with E-state index in [0.717, 1.165) is 19.3 Å². The van der Waals surface area contributed by atoms with E-state index in [0.29, 0.717) is 26.1 Å². The lowest BCUT2D eigenvalue weighted by Gasteiger charge is -2.39. The Labute approximate surface area is 116 Å². The van der Waals surface area contributed by atoms with Gasteiger partial charge in [0.1, 0.15) is 6.04 Å². The van der Waals surface area contributed by atoms with Crippen LogP contribution in [0, 0.1) is 5.92 Å². The van der Waals surface area contributed by atoms with Gasteiger partial charge in [0.05, 0.1) is 12.0 Å². The monoisotopic (exact) mass is 281 g/mol. The van der Waals surface area contributed by atoms with E-state index < -0.39 is 12.0 Å². The number of aliphatic carboxylic acids is 1. The van der Waals surface area contributed by atoms with E-state index in [2.05, 4.69) is 5.32 Å². The molecule has 0 aromatic rings. The molecule has 0 saturated carbocycles. The summed E-state index contributed by atoms with van der Waals surface area (Å²) in [6, 6.07) is -1.05. The second kappa shape index (κ2) is 4.96. The van der Waals surface area contributed by atoms with Crippen molar-refractivity contribution >= 4 is 17.9 Å². The zero-order valence-corrected chi connectivity index (χ0v) is 11.2. The summed E-state index contributed by atoms with van der Waals surface area (Å²) < 4.78 is 0. The SMILES string of the molecule is O=C1NCC2C1CCCN2C(=O)N1CCC[C@H]1C(=O)O. The normalized spacial score (nSPS) is 33.0. The average Bonchev–Trinajstić information content (AvgIpc) is 3.05. The molecule has 0 aromatic heterocycles. The van der Waals surface area contributed by atoms with Crippen molar-refractivity contribution in [2.75, 3.05) is 19.6 Å². The molecule has 0 aromatic carbocycles. The molecule has 7 heteroatoms. The van der Waals surface area contributed by atoms with Crippen LogP contribution in [0.4, 0.5) is 4.79 Å². The zero-order chi connectivity index (χ0) is 14.3. The summed E-state index contributed by atoms with van der Waals surface area (Å²) in [5.74, 6) is -1.05.